The summed E-state index contributed by atoms with van der Waals surface area (Å²) in [5.41, 5.74) is 7.24. The molecule has 154 valence electrons. The van der Waals surface area contributed by atoms with Gasteiger partial charge < -0.3 is 20.5 Å². The first-order valence-electron chi connectivity index (χ1n) is 10.6. The molecule has 30 heavy (non-hydrogen) atoms. The molecule has 2 aliphatic heterocycles. The molecule has 3 aromatic rings. The molecule has 0 bridgehead atoms. The van der Waals surface area contributed by atoms with Crippen molar-refractivity contribution >= 4 is 17.4 Å². The van der Waals surface area contributed by atoms with Gasteiger partial charge in [-0.1, -0.05) is 12.1 Å². The summed E-state index contributed by atoms with van der Waals surface area (Å²) in [6, 6.07) is 12.1. The smallest absolute Gasteiger partial charge is 0.272 e. The van der Waals surface area contributed by atoms with E-state index in [1.165, 1.54) is 22.4 Å². The van der Waals surface area contributed by atoms with Crippen molar-refractivity contribution < 1.29 is 4.79 Å². The summed E-state index contributed by atoms with van der Waals surface area (Å²) >= 11 is 0. The van der Waals surface area contributed by atoms with Gasteiger partial charge in [0.05, 0.1) is 5.69 Å². The predicted octanol–water partition coefficient (Wildman–Crippen LogP) is 2.96. The van der Waals surface area contributed by atoms with E-state index in [2.05, 4.69) is 36.8 Å². The number of benzene rings is 1. The monoisotopic (exact) mass is 402 g/mol. The standard InChI is InChI=1S/C23H26N6O/c1-15-7-8-22(28-27-15)29-11-9-18-16(14-29)4-2-5-20(18)26-23(30)21-12-17-13-24-10-3-6-19(17)25-21/h2,4-5,7-8,12,24-25H,3,6,9-11,13-14H2,1H3,(H,26,30). The number of fused-ring (bicyclic) bond motifs is 2. The summed E-state index contributed by atoms with van der Waals surface area (Å²) in [4.78, 5) is 18.5. The number of nitrogens with zero attached hydrogens (tertiary/aromatic N) is 3. The molecule has 1 amide bonds. The second-order valence-electron chi connectivity index (χ2n) is 8.07. The maximum atomic E-state index is 12.9. The number of anilines is 2. The van der Waals surface area contributed by atoms with Gasteiger partial charge in [-0.15, -0.1) is 5.10 Å². The molecule has 5 rings (SSSR count). The summed E-state index contributed by atoms with van der Waals surface area (Å²) in [6.07, 6.45) is 2.92. The van der Waals surface area contributed by atoms with Gasteiger partial charge >= 0.3 is 0 Å². The second kappa shape index (κ2) is 7.91. The number of hydrogen-bond donors (Lipinski definition) is 3. The number of aromatic nitrogens is 3. The first-order chi connectivity index (χ1) is 14.7. The summed E-state index contributed by atoms with van der Waals surface area (Å²) in [7, 11) is 0. The van der Waals surface area contributed by atoms with Crippen molar-refractivity contribution in [3.05, 3.63) is 70.2 Å². The van der Waals surface area contributed by atoms with Crippen molar-refractivity contribution in [2.45, 2.75) is 39.3 Å². The first-order valence-corrected chi connectivity index (χ1v) is 10.6. The molecule has 7 nitrogen and oxygen atoms in total. The van der Waals surface area contributed by atoms with E-state index in [0.717, 1.165) is 62.6 Å². The van der Waals surface area contributed by atoms with Crippen molar-refractivity contribution in [2.75, 3.05) is 23.3 Å². The molecule has 0 saturated heterocycles. The fraction of sp³-hybridized carbons (Fsp3) is 0.348. The lowest BCUT2D eigenvalue weighted by molar-refractivity contribution is 0.102. The fourth-order valence-corrected chi connectivity index (χ4v) is 4.33. The van der Waals surface area contributed by atoms with Crippen molar-refractivity contribution in [1.82, 2.24) is 20.5 Å². The highest BCUT2D eigenvalue weighted by Crippen LogP contribution is 2.29. The average molecular weight is 403 g/mol. The van der Waals surface area contributed by atoms with Crippen molar-refractivity contribution in [3.63, 3.8) is 0 Å². The number of hydrogen-bond acceptors (Lipinski definition) is 5. The minimum atomic E-state index is -0.0803. The lowest BCUT2D eigenvalue weighted by atomic mass is 9.97. The molecule has 0 radical (unpaired) electrons. The number of H-pyrrole nitrogens is 1. The average Bonchev–Trinajstić information content (AvgIpc) is 3.05. The SMILES string of the molecule is Cc1ccc(N2CCc3c(cccc3NC(=O)c3cc4c([nH]3)CCCNC4)C2)nn1. The number of aromatic amines is 1. The Morgan fingerprint density at radius 1 is 1.13 bits per heavy atom. The maximum absolute atomic E-state index is 12.9. The molecule has 0 aliphatic carbocycles. The van der Waals surface area contributed by atoms with Crippen molar-refractivity contribution in [2.24, 2.45) is 0 Å². The number of nitrogens with one attached hydrogen (secondary N) is 3. The van der Waals surface area contributed by atoms with Gasteiger partial charge in [-0.25, -0.2) is 0 Å². The van der Waals surface area contributed by atoms with Crippen LogP contribution in [-0.4, -0.2) is 34.2 Å². The van der Waals surface area contributed by atoms with Crippen LogP contribution in [-0.2, 0) is 25.9 Å². The highest BCUT2D eigenvalue weighted by atomic mass is 16.1. The van der Waals surface area contributed by atoms with Gasteiger partial charge in [-0.3, -0.25) is 4.79 Å². The molecule has 1 aromatic carbocycles. The lowest BCUT2D eigenvalue weighted by Gasteiger charge is -2.30. The van der Waals surface area contributed by atoms with E-state index >= 15 is 0 Å². The number of carbonyl (C=O) groups is 1. The minimum absolute atomic E-state index is 0.0803. The normalized spacial score (nSPS) is 15.8. The van der Waals surface area contributed by atoms with Gasteiger partial charge in [0.2, 0.25) is 0 Å². The zero-order valence-electron chi connectivity index (χ0n) is 17.2. The second-order valence-corrected chi connectivity index (χ2v) is 8.07. The highest BCUT2D eigenvalue weighted by molar-refractivity contribution is 6.03. The summed E-state index contributed by atoms with van der Waals surface area (Å²) in [5, 5.41) is 15.0. The van der Waals surface area contributed by atoms with E-state index in [9.17, 15) is 4.79 Å². The molecule has 2 aliphatic rings. The lowest BCUT2D eigenvalue weighted by Crippen LogP contribution is -2.32. The van der Waals surface area contributed by atoms with Crippen LogP contribution < -0.4 is 15.5 Å². The quantitative estimate of drug-likeness (QED) is 0.627. The molecule has 0 spiro atoms. The van der Waals surface area contributed by atoms with Crippen LogP contribution in [0.25, 0.3) is 0 Å². The van der Waals surface area contributed by atoms with Crippen LogP contribution in [0.1, 0.15) is 45.0 Å². The molecule has 3 N–H and O–H groups in total. The van der Waals surface area contributed by atoms with E-state index in [0.29, 0.717) is 5.69 Å². The third-order valence-electron chi connectivity index (χ3n) is 5.95. The molecule has 0 saturated carbocycles. The Kier molecular flexibility index (Phi) is 4.96. The largest absolute Gasteiger partial charge is 0.354 e. The summed E-state index contributed by atoms with van der Waals surface area (Å²) < 4.78 is 0. The van der Waals surface area contributed by atoms with Crippen LogP contribution >= 0.6 is 0 Å². The Bertz CT molecular complexity index is 1050. The number of rotatable bonds is 3. The Labute approximate surface area is 175 Å². The van der Waals surface area contributed by atoms with E-state index in [4.69, 9.17) is 0 Å². The van der Waals surface area contributed by atoms with Gasteiger partial charge in [0.1, 0.15) is 5.69 Å². The van der Waals surface area contributed by atoms with Crippen molar-refractivity contribution in [1.29, 1.82) is 0 Å². The van der Waals surface area contributed by atoms with Crippen molar-refractivity contribution in [3.8, 4) is 0 Å². The molecule has 4 heterocycles. The Morgan fingerprint density at radius 2 is 2.07 bits per heavy atom. The molecule has 0 atom stereocenters. The molecular formula is C23H26N6O. The van der Waals surface area contributed by atoms with E-state index in [-0.39, 0.29) is 5.91 Å². The molecule has 0 unspecified atom stereocenters. The maximum Gasteiger partial charge on any atom is 0.272 e. The van der Waals surface area contributed by atoms with Gasteiger partial charge in [-0.05, 0) is 73.7 Å². The third kappa shape index (κ3) is 3.68. The third-order valence-corrected chi connectivity index (χ3v) is 5.95. The van der Waals surface area contributed by atoms with Crippen LogP contribution in [0.2, 0.25) is 0 Å². The number of aryl methyl sites for hydroxylation is 2. The van der Waals surface area contributed by atoms with Crippen LogP contribution in [0.3, 0.4) is 0 Å². The van der Waals surface area contributed by atoms with Crippen LogP contribution in [0.4, 0.5) is 11.5 Å². The highest BCUT2D eigenvalue weighted by Gasteiger charge is 2.22. The Hall–Kier alpha value is -3.19. The summed E-state index contributed by atoms with van der Waals surface area (Å²) in [5.74, 6) is 0.811. The van der Waals surface area contributed by atoms with Gasteiger partial charge in [0.25, 0.3) is 5.91 Å². The first kappa shape index (κ1) is 18.8. The number of carbonyl (C=O) groups excluding carboxylic acids is 1. The molecule has 7 heteroatoms. The van der Waals surface area contributed by atoms with Crippen LogP contribution in [0, 0.1) is 6.92 Å². The van der Waals surface area contributed by atoms with Gasteiger partial charge in [0.15, 0.2) is 5.82 Å². The minimum Gasteiger partial charge on any atom is -0.354 e. The van der Waals surface area contributed by atoms with Crippen LogP contribution in [0.5, 0.6) is 0 Å². The Morgan fingerprint density at radius 3 is 2.93 bits per heavy atom. The molecular weight excluding hydrogens is 376 g/mol. The molecule has 0 fully saturated rings. The topological polar surface area (TPSA) is 85.9 Å². The van der Waals surface area contributed by atoms with Crippen LogP contribution in [0.15, 0.2) is 36.4 Å². The fourth-order valence-electron chi connectivity index (χ4n) is 4.33. The molecule has 2 aromatic heterocycles. The Balaban J connectivity index is 1.34. The van der Waals surface area contributed by atoms with Gasteiger partial charge in [-0.2, -0.15) is 5.10 Å². The van der Waals surface area contributed by atoms with E-state index in [1.54, 1.807) is 0 Å². The zero-order chi connectivity index (χ0) is 20.5. The summed E-state index contributed by atoms with van der Waals surface area (Å²) in [6.45, 7) is 5.39. The van der Waals surface area contributed by atoms with E-state index < -0.39 is 0 Å². The predicted molar refractivity (Wildman–Crippen MR) is 117 cm³/mol. The number of amides is 1. The van der Waals surface area contributed by atoms with Gasteiger partial charge in [0, 0.05) is 31.0 Å². The zero-order valence-corrected chi connectivity index (χ0v) is 17.2. The van der Waals surface area contributed by atoms with E-state index in [1.807, 2.05) is 37.3 Å².